The molecule has 0 saturated carbocycles. The summed E-state index contributed by atoms with van der Waals surface area (Å²) in [5, 5.41) is 0. The first-order valence-electron chi connectivity index (χ1n) is 7.17. The predicted molar refractivity (Wildman–Crippen MR) is 86.2 cm³/mol. The van der Waals surface area contributed by atoms with Crippen molar-refractivity contribution in [2.24, 2.45) is 5.92 Å². The number of hydrogen-bond acceptors (Lipinski definition) is 2. The molecule has 0 aliphatic rings. The third-order valence-electron chi connectivity index (χ3n) is 4.41. The Labute approximate surface area is 127 Å². The molecule has 0 unspecified atom stereocenters. The number of hydrogen-bond donors (Lipinski definition) is 0. The Balaban J connectivity index is 2.41. The van der Waals surface area contributed by atoms with Gasteiger partial charge in [-0.05, 0) is 41.2 Å². The van der Waals surface area contributed by atoms with Gasteiger partial charge in [0.25, 0.3) is 0 Å². The molecule has 0 fully saturated rings. The highest BCUT2D eigenvalue weighted by molar-refractivity contribution is 7.91. The number of sulfone groups is 1. The van der Waals surface area contributed by atoms with E-state index in [0.717, 1.165) is 5.56 Å². The monoisotopic (exact) mass is 302 g/mol. The zero-order chi connectivity index (χ0) is 15.7. The van der Waals surface area contributed by atoms with E-state index >= 15 is 0 Å². The summed E-state index contributed by atoms with van der Waals surface area (Å²) in [4.78, 5) is 0.679. The molecular weight excluding hydrogens is 280 g/mol. The zero-order valence-electron chi connectivity index (χ0n) is 13.0. The summed E-state index contributed by atoms with van der Waals surface area (Å²) in [6, 6.07) is 15.8. The molecule has 0 bridgehead atoms. The fourth-order valence-corrected chi connectivity index (χ4v) is 3.41. The molecule has 0 heterocycles. The lowest BCUT2D eigenvalue weighted by molar-refractivity contribution is 0.372. The van der Waals surface area contributed by atoms with Crippen molar-refractivity contribution >= 4 is 9.84 Å². The second-order valence-corrected chi connectivity index (χ2v) is 8.17. The van der Waals surface area contributed by atoms with Crippen molar-refractivity contribution in [1.29, 1.82) is 0 Å². The summed E-state index contributed by atoms with van der Waals surface area (Å²) in [6.45, 7) is 8.71. The van der Waals surface area contributed by atoms with Crippen molar-refractivity contribution in [3.63, 3.8) is 0 Å². The predicted octanol–water partition coefficient (Wildman–Crippen LogP) is 4.45. The van der Waals surface area contributed by atoms with Crippen LogP contribution in [-0.4, -0.2) is 8.42 Å². The van der Waals surface area contributed by atoms with E-state index in [1.165, 1.54) is 0 Å². The van der Waals surface area contributed by atoms with Crippen LogP contribution in [-0.2, 0) is 15.3 Å². The van der Waals surface area contributed by atoms with Crippen molar-refractivity contribution < 1.29 is 8.42 Å². The Bertz CT molecular complexity index is 697. The largest absolute Gasteiger partial charge is 0.219 e. The first-order valence-corrected chi connectivity index (χ1v) is 8.65. The van der Waals surface area contributed by atoms with Crippen LogP contribution in [0.15, 0.2) is 64.4 Å². The van der Waals surface area contributed by atoms with Crippen molar-refractivity contribution in [3.05, 3.63) is 60.2 Å². The molecule has 0 atom stereocenters. The standard InChI is InChI=1S/C18H22O2S/c1-14(2)18(3,4)15-10-12-17(13-11-15)21(19,20)16-8-6-5-7-9-16/h5-14H,1-4H3. The lowest BCUT2D eigenvalue weighted by Crippen LogP contribution is -2.24. The fourth-order valence-electron chi connectivity index (χ4n) is 2.13. The topological polar surface area (TPSA) is 34.1 Å². The van der Waals surface area contributed by atoms with Crippen LogP contribution < -0.4 is 0 Å². The van der Waals surface area contributed by atoms with Crippen LogP contribution in [0.5, 0.6) is 0 Å². The molecule has 0 amide bonds. The molecule has 0 aliphatic carbocycles. The summed E-state index contributed by atoms with van der Waals surface area (Å²) in [5.74, 6) is 0.481. The number of rotatable bonds is 4. The third-order valence-corrected chi connectivity index (χ3v) is 6.19. The molecule has 0 aliphatic heterocycles. The maximum Gasteiger partial charge on any atom is 0.206 e. The normalized spacial score (nSPS) is 12.6. The van der Waals surface area contributed by atoms with E-state index in [1.807, 2.05) is 18.2 Å². The molecule has 0 radical (unpaired) electrons. The summed E-state index contributed by atoms with van der Waals surface area (Å²) in [7, 11) is -3.42. The molecule has 2 nitrogen and oxygen atoms in total. The first kappa shape index (κ1) is 15.8. The lowest BCUT2D eigenvalue weighted by Gasteiger charge is -2.30. The minimum atomic E-state index is -3.42. The van der Waals surface area contributed by atoms with Crippen LogP contribution in [0, 0.1) is 5.92 Å². The summed E-state index contributed by atoms with van der Waals surface area (Å²) in [5.41, 5.74) is 1.18. The van der Waals surface area contributed by atoms with Crippen LogP contribution >= 0.6 is 0 Å². The Morgan fingerprint density at radius 2 is 1.29 bits per heavy atom. The van der Waals surface area contributed by atoms with Gasteiger partial charge in [-0.1, -0.05) is 58.0 Å². The minimum absolute atomic E-state index is 0.0229. The second-order valence-electron chi connectivity index (χ2n) is 6.22. The van der Waals surface area contributed by atoms with Crippen LogP contribution in [0.3, 0.4) is 0 Å². The van der Waals surface area contributed by atoms with Crippen molar-refractivity contribution in [2.45, 2.75) is 42.9 Å². The van der Waals surface area contributed by atoms with E-state index in [1.54, 1.807) is 36.4 Å². The summed E-state index contributed by atoms with van der Waals surface area (Å²) < 4.78 is 25.1. The lowest BCUT2D eigenvalue weighted by atomic mass is 9.75. The Hall–Kier alpha value is -1.61. The quantitative estimate of drug-likeness (QED) is 0.836. The molecular formula is C18H22O2S. The van der Waals surface area contributed by atoms with Crippen molar-refractivity contribution in [3.8, 4) is 0 Å². The van der Waals surface area contributed by atoms with Gasteiger partial charge in [-0.2, -0.15) is 0 Å². The van der Waals surface area contributed by atoms with Gasteiger partial charge in [0, 0.05) is 0 Å². The van der Waals surface area contributed by atoms with Crippen LogP contribution in [0.4, 0.5) is 0 Å². The van der Waals surface area contributed by atoms with Crippen LogP contribution in [0.2, 0.25) is 0 Å². The molecule has 3 heteroatoms. The molecule has 112 valence electrons. The second kappa shape index (κ2) is 5.64. The van der Waals surface area contributed by atoms with Crippen LogP contribution in [0.25, 0.3) is 0 Å². The van der Waals surface area contributed by atoms with Gasteiger partial charge in [0.15, 0.2) is 0 Å². The van der Waals surface area contributed by atoms with Gasteiger partial charge in [0.2, 0.25) is 9.84 Å². The van der Waals surface area contributed by atoms with E-state index < -0.39 is 9.84 Å². The van der Waals surface area contributed by atoms with Gasteiger partial charge < -0.3 is 0 Å². The minimum Gasteiger partial charge on any atom is -0.219 e. The highest BCUT2D eigenvalue weighted by Crippen LogP contribution is 2.32. The first-order chi connectivity index (χ1) is 9.76. The Kier molecular flexibility index (Phi) is 4.24. The van der Waals surface area contributed by atoms with Crippen molar-refractivity contribution in [1.82, 2.24) is 0 Å². The Morgan fingerprint density at radius 3 is 1.76 bits per heavy atom. The Morgan fingerprint density at radius 1 is 0.810 bits per heavy atom. The smallest absolute Gasteiger partial charge is 0.206 e. The summed E-state index contributed by atoms with van der Waals surface area (Å²) in [6.07, 6.45) is 0. The van der Waals surface area contributed by atoms with Gasteiger partial charge in [-0.15, -0.1) is 0 Å². The molecule has 0 aromatic heterocycles. The van der Waals surface area contributed by atoms with Gasteiger partial charge in [-0.25, -0.2) is 8.42 Å². The SMILES string of the molecule is CC(C)C(C)(C)c1ccc(S(=O)(=O)c2ccccc2)cc1. The number of benzene rings is 2. The average Bonchev–Trinajstić information content (AvgIpc) is 2.48. The van der Waals surface area contributed by atoms with Gasteiger partial charge in [0.05, 0.1) is 9.79 Å². The highest BCUT2D eigenvalue weighted by Gasteiger charge is 2.25. The maximum atomic E-state index is 12.5. The van der Waals surface area contributed by atoms with Gasteiger partial charge >= 0.3 is 0 Å². The highest BCUT2D eigenvalue weighted by atomic mass is 32.2. The molecule has 0 spiro atoms. The summed E-state index contributed by atoms with van der Waals surface area (Å²) >= 11 is 0. The van der Waals surface area contributed by atoms with E-state index in [4.69, 9.17) is 0 Å². The molecule has 0 N–H and O–H groups in total. The van der Waals surface area contributed by atoms with E-state index in [2.05, 4.69) is 27.7 Å². The molecule has 21 heavy (non-hydrogen) atoms. The van der Waals surface area contributed by atoms with Gasteiger partial charge in [0.1, 0.15) is 0 Å². The fraction of sp³-hybridized carbons (Fsp3) is 0.333. The van der Waals surface area contributed by atoms with E-state index in [9.17, 15) is 8.42 Å². The maximum absolute atomic E-state index is 12.5. The van der Waals surface area contributed by atoms with Gasteiger partial charge in [-0.3, -0.25) is 0 Å². The van der Waals surface area contributed by atoms with Crippen molar-refractivity contribution in [2.75, 3.05) is 0 Å². The van der Waals surface area contributed by atoms with Crippen LogP contribution in [0.1, 0.15) is 33.3 Å². The van der Waals surface area contributed by atoms with E-state index in [-0.39, 0.29) is 5.41 Å². The molecule has 2 rings (SSSR count). The zero-order valence-corrected chi connectivity index (χ0v) is 13.8. The third kappa shape index (κ3) is 3.03. The molecule has 2 aromatic carbocycles. The van der Waals surface area contributed by atoms with E-state index in [0.29, 0.717) is 15.7 Å². The molecule has 2 aromatic rings. The average molecular weight is 302 g/mol. The molecule has 0 saturated heterocycles.